The fourth-order valence-electron chi connectivity index (χ4n) is 3.29. The highest BCUT2D eigenvalue weighted by Gasteiger charge is 2.39. The number of urea groups is 1. The van der Waals surface area contributed by atoms with Crippen molar-refractivity contribution in [3.63, 3.8) is 0 Å². The van der Waals surface area contributed by atoms with E-state index in [2.05, 4.69) is 10.3 Å². The standard InChI is InChI=1S/C17H14N4O3S/c22-15-14(11-1-2-13-10(7-11)3-5-24-13)19-16(23)21(15)9-12-8-20-4-6-25-17(20)18-12/h1-2,4,6-8,14H,3,5,9H2,(H,19,23). The van der Waals surface area contributed by atoms with Crippen molar-refractivity contribution in [2.45, 2.75) is 19.0 Å². The summed E-state index contributed by atoms with van der Waals surface area (Å²) in [6.45, 7) is 0.830. The Morgan fingerprint density at radius 3 is 3.16 bits per heavy atom. The predicted octanol–water partition coefficient (Wildman–Crippen LogP) is 2.12. The molecule has 0 saturated carbocycles. The number of ether oxygens (including phenoxy) is 1. The average molecular weight is 354 g/mol. The van der Waals surface area contributed by atoms with Crippen LogP contribution in [0.3, 0.4) is 0 Å². The van der Waals surface area contributed by atoms with Crippen LogP contribution in [0.1, 0.15) is 22.9 Å². The molecule has 5 rings (SSSR count). The maximum absolute atomic E-state index is 12.8. The van der Waals surface area contributed by atoms with Crippen LogP contribution in [0.5, 0.6) is 5.75 Å². The van der Waals surface area contributed by atoms with Crippen LogP contribution < -0.4 is 10.1 Å². The van der Waals surface area contributed by atoms with Crippen molar-refractivity contribution < 1.29 is 14.3 Å². The lowest BCUT2D eigenvalue weighted by atomic mass is 10.0. The highest BCUT2D eigenvalue weighted by atomic mass is 32.1. The highest BCUT2D eigenvalue weighted by molar-refractivity contribution is 7.15. The lowest BCUT2D eigenvalue weighted by Gasteiger charge is -2.12. The summed E-state index contributed by atoms with van der Waals surface area (Å²) in [5.74, 6) is 0.607. The SMILES string of the molecule is O=C1NC(c2ccc3c(c2)CCO3)C(=O)N1Cc1cn2ccsc2n1. The van der Waals surface area contributed by atoms with Gasteiger partial charge >= 0.3 is 6.03 Å². The Bertz CT molecular complexity index is 980. The van der Waals surface area contributed by atoms with E-state index in [1.165, 1.54) is 16.2 Å². The number of imide groups is 1. The van der Waals surface area contributed by atoms with Crippen LogP contribution in [0.4, 0.5) is 4.79 Å². The Morgan fingerprint density at radius 2 is 2.28 bits per heavy atom. The Balaban J connectivity index is 1.40. The number of benzene rings is 1. The number of hydrogen-bond donors (Lipinski definition) is 1. The molecule has 4 heterocycles. The Morgan fingerprint density at radius 1 is 1.36 bits per heavy atom. The van der Waals surface area contributed by atoms with Gasteiger partial charge < -0.3 is 10.1 Å². The van der Waals surface area contributed by atoms with Crippen LogP contribution in [0.25, 0.3) is 4.96 Å². The van der Waals surface area contributed by atoms with Gasteiger partial charge in [0.1, 0.15) is 11.8 Å². The maximum atomic E-state index is 12.8. The molecule has 0 radical (unpaired) electrons. The zero-order valence-corrected chi connectivity index (χ0v) is 14.0. The number of fused-ring (bicyclic) bond motifs is 2. The van der Waals surface area contributed by atoms with Gasteiger partial charge in [0.25, 0.3) is 5.91 Å². The first-order valence-corrected chi connectivity index (χ1v) is 8.85. The van der Waals surface area contributed by atoms with E-state index < -0.39 is 6.04 Å². The number of aromatic nitrogens is 2. The van der Waals surface area contributed by atoms with Gasteiger partial charge in [-0.15, -0.1) is 11.3 Å². The molecule has 0 spiro atoms. The molecular weight excluding hydrogens is 340 g/mol. The summed E-state index contributed by atoms with van der Waals surface area (Å²) in [5, 5.41) is 4.71. The lowest BCUT2D eigenvalue weighted by molar-refractivity contribution is -0.128. The summed E-state index contributed by atoms with van der Waals surface area (Å²) in [7, 11) is 0. The van der Waals surface area contributed by atoms with Crippen LogP contribution in [-0.2, 0) is 17.8 Å². The van der Waals surface area contributed by atoms with Gasteiger partial charge in [-0.3, -0.25) is 14.1 Å². The molecule has 126 valence electrons. The van der Waals surface area contributed by atoms with Gasteiger partial charge in [-0.1, -0.05) is 6.07 Å². The molecule has 0 aliphatic carbocycles. The number of carbonyl (C=O) groups excluding carboxylic acids is 2. The fraction of sp³-hybridized carbons (Fsp3) is 0.235. The number of rotatable bonds is 3. The van der Waals surface area contributed by atoms with Gasteiger partial charge in [0.05, 0.1) is 18.8 Å². The van der Waals surface area contributed by atoms with Gasteiger partial charge in [0, 0.05) is 24.2 Å². The third-order valence-corrected chi connectivity index (χ3v) is 5.31. The number of hydrogen-bond acceptors (Lipinski definition) is 5. The van der Waals surface area contributed by atoms with Crippen molar-refractivity contribution >= 4 is 28.2 Å². The second-order valence-electron chi connectivity index (χ2n) is 6.10. The molecule has 1 aromatic carbocycles. The predicted molar refractivity (Wildman–Crippen MR) is 90.5 cm³/mol. The van der Waals surface area contributed by atoms with Gasteiger partial charge in [0.15, 0.2) is 4.96 Å². The highest BCUT2D eigenvalue weighted by Crippen LogP contribution is 2.30. The maximum Gasteiger partial charge on any atom is 0.325 e. The molecule has 1 N–H and O–H groups in total. The van der Waals surface area contributed by atoms with Crippen molar-refractivity contribution in [3.8, 4) is 5.75 Å². The average Bonchev–Trinajstić information content (AvgIpc) is 3.34. The molecule has 8 heteroatoms. The largest absolute Gasteiger partial charge is 0.493 e. The van der Waals surface area contributed by atoms with Crippen LogP contribution in [-0.4, -0.2) is 32.8 Å². The second kappa shape index (κ2) is 5.32. The van der Waals surface area contributed by atoms with Crippen molar-refractivity contribution in [2.75, 3.05) is 6.61 Å². The number of nitrogens with zero attached hydrogens (tertiary/aromatic N) is 3. The molecule has 1 fully saturated rings. The van der Waals surface area contributed by atoms with Crippen molar-refractivity contribution in [1.29, 1.82) is 0 Å². The van der Waals surface area contributed by atoms with Crippen molar-refractivity contribution in [1.82, 2.24) is 19.6 Å². The summed E-state index contributed by atoms with van der Waals surface area (Å²) in [4.78, 5) is 31.6. The normalized spacial score (nSPS) is 19.4. The summed E-state index contributed by atoms with van der Waals surface area (Å²) in [6, 6.07) is 4.61. The molecule has 25 heavy (non-hydrogen) atoms. The quantitative estimate of drug-likeness (QED) is 0.731. The minimum atomic E-state index is -0.651. The number of amides is 3. The van der Waals surface area contributed by atoms with Gasteiger partial charge in [0.2, 0.25) is 0 Å². The van der Waals surface area contributed by atoms with Crippen LogP contribution in [0.15, 0.2) is 36.0 Å². The molecule has 3 aromatic rings. The zero-order chi connectivity index (χ0) is 17.0. The van der Waals surface area contributed by atoms with E-state index >= 15 is 0 Å². The fourth-order valence-corrected chi connectivity index (χ4v) is 4.01. The third-order valence-electron chi connectivity index (χ3n) is 4.54. The first-order chi connectivity index (χ1) is 12.2. The summed E-state index contributed by atoms with van der Waals surface area (Å²) < 4.78 is 7.38. The molecule has 2 aliphatic heterocycles. The topological polar surface area (TPSA) is 75.9 Å². The Kier molecular flexibility index (Phi) is 3.08. The number of thiazole rings is 1. The van der Waals surface area contributed by atoms with E-state index in [0.717, 1.165) is 28.3 Å². The molecule has 1 unspecified atom stereocenters. The molecule has 7 nitrogen and oxygen atoms in total. The molecular formula is C17H14N4O3S. The monoisotopic (exact) mass is 354 g/mol. The minimum Gasteiger partial charge on any atom is -0.493 e. The number of carbonyl (C=O) groups is 2. The van der Waals surface area contributed by atoms with Gasteiger partial charge in [-0.05, 0) is 23.3 Å². The van der Waals surface area contributed by atoms with E-state index in [1.54, 1.807) is 0 Å². The molecule has 1 atom stereocenters. The lowest BCUT2D eigenvalue weighted by Crippen LogP contribution is -2.30. The van der Waals surface area contributed by atoms with Crippen LogP contribution in [0.2, 0.25) is 0 Å². The molecule has 2 aromatic heterocycles. The van der Waals surface area contributed by atoms with Crippen molar-refractivity contribution in [3.05, 3.63) is 52.8 Å². The van der Waals surface area contributed by atoms with E-state index in [9.17, 15) is 9.59 Å². The Labute approximate surface area is 146 Å². The molecule has 0 bridgehead atoms. The van der Waals surface area contributed by atoms with E-state index in [4.69, 9.17) is 4.74 Å². The van der Waals surface area contributed by atoms with Gasteiger partial charge in [-0.25, -0.2) is 9.78 Å². The Hall–Kier alpha value is -2.87. The van der Waals surface area contributed by atoms with E-state index in [1.807, 2.05) is 40.4 Å². The zero-order valence-electron chi connectivity index (χ0n) is 13.1. The summed E-state index contributed by atoms with van der Waals surface area (Å²) >= 11 is 1.51. The third kappa shape index (κ3) is 2.29. The molecule has 2 aliphatic rings. The summed E-state index contributed by atoms with van der Waals surface area (Å²) in [5.41, 5.74) is 2.56. The number of imidazole rings is 1. The van der Waals surface area contributed by atoms with Crippen LogP contribution in [0, 0.1) is 0 Å². The molecule has 3 amide bonds. The van der Waals surface area contributed by atoms with E-state index in [0.29, 0.717) is 12.3 Å². The first-order valence-electron chi connectivity index (χ1n) is 7.97. The number of nitrogens with one attached hydrogen (secondary N) is 1. The van der Waals surface area contributed by atoms with E-state index in [-0.39, 0.29) is 18.5 Å². The first kappa shape index (κ1) is 14.5. The van der Waals surface area contributed by atoms with Gasteiger partial charge in [-0.2, -0.15) is 0 Å². The smallest absolute Gasteiger partial charge is 0.325 e. The second-order valence-corrected chi connectivity index (χ2v) is 6.97. The van der Waals surface area contributed by atoms with Crippen molar-refractivity contribution in [2.24, 2.45) is 0 Å². The van der Waals surface area contributed by atoms with Crippen LogP contribution >= 0.6 is 11.3 Å². The minimum absolute atomic E-state index is 0.170. The molecule has 1 saturated heterocycles. The summed E-state index contributed by atoms with van der Waals surface area (Å²) in [6.07, 6.45) is 4.57.